The van der Waals surface area contributed by atoms with Crippen LogP contribution in [0.15, 0.2) is 47.3 Å². The maximum Gasteiger partial charge on any atom is 0.306 e. The van der Waals surface area contributed by atoms with E-state index in [1.807, 2.05) is 0 Å². The van der Waals surface area contributed by atoms with Crippen molar-refractivity contribution in [3.05, 3.63) is 70.3 Å². The summed E-state index contributed by atoms with van der Waals surface area (Å²) in [5.41, 5.74) is -0.0260. The summed E-state index contributed by atoms with van der Waals surface area (Å²) in [5.74, 6) is -2.49. The summed E-state index contributed by atoms with van der Waals surface area (Å²) in [5, 5.41) is 2.61. The summed E-state index contributed by atoms with van der Waals surface area (Å²) in [6, 6.07) is 9.53. The maximum absolute atomic E-state index is 13.5. The lowest BCUT2D eigenvalue weighted by Crippen LogP contribution is -2.21. The van der Waals surface area contributed by atoms with Gasteiger partial charge in [-0.2, -0.15) is 0 Å². The Morgan fingerprint density at radius 1 is 1.14 bits per heavy atom. The highest BCUT2D eigenvalue weighted by Gasteiger charge is 2.11. The van der Waals surface area contributed by atoms with Gasteiger partial charge in [-0.25, -0.2) is 13.8 Å². The molecule has 3 aromatic rings. The molecule has 1 heterocycles. The van der Waals surface area contributed by atoms with Crippen molar-refractivity contribution in [1.29, 1.82) is 0 Å². The number of benzene rings is 2. The monoisotopic (exact) mass is 401 g/mol. The predicted octanol–water partition coefficient (Wildman–Crippen LogP) is 2.71. The fraction of sp³-hybridized carbons (Fsp3) is 0.200. The summed E-state index contributed by atoms with van der Waals surface area (Å²) < 4.78 is 31.4. The SMILES string of the molecule is O=C(COC(=O)CCCc1nc2ccccc2c(=O)[nH]1)Nc1cc(F)ccc1F. The quantitative estimate of drug-likeness (QED) is 0.593. The number of hydrogen-bond acceptors (Lipinski definition) is 5. The van der Waals surface area contributed by atoms with E-state index < -0.39 is 30.1 Å². The number of nitrogens with one attached hydrogen (secondary N) is 2. The molecule has 7 nitrogen and oxygen atoms in total. The van der Waals surface area contributed by atoms with E-state index in [1.54, 1.807) is 24.3 Å². The molecule has 0 fully saturated rings. The average Bonchev–Trinajstić information content (AvgIpc) is 2.69. The number of nitrogens with zero attached hydrogens (tertiary/aromatic N) is 1. The van der Waals surface area contributed by atoms with Gasteiger partial charge in [0.25, 0.3) is 11.5 Å². The van der Waals surface area contributed by atoms with Gasteiger partial charge in [0.15, 0.2) is 6.61 Å². The first kappa shape index (κ1) is 20.1. The van der Waals surface area contributed by atoms with Crippen molar-refractivity contribution in [2.24, 2.45) is 0 Å². The van der Waals surface area contributed by atoms with Crippen LogP contribution in [0.2, 0.25) is 0 Å². The van der Waals surface area contributed by atoms with Crippen LogP contribution in [-0.4, -0.2) is 28.5 Å². The molecule has 3 rings (SSSR count). The van der Waals surface area contributed by atoms with Crippen molar-refractivity contribution < 1.29 is 23.1 Å². The van der Waals surface area contributed by atoms with E-state index in [0.717, 1.165) is 18.2 Å². The van der Waals surface area contributed by atoms with Gasteiger partial charge in [0, 0.05) is 18.9 Å². The van der Waals surface area contributed by atoms with Crippen molar-refractivity contribution >= 4 is 28.5 Å². The number of para-hydroxylation sites is 1. The van der Waals surface area contributed by atoms with Crippen molar-refractivity contribution in [2.45, 2.75) is 19.3 Å². The molecule has 0 aliphatic carbocycles. The molecule has 0 bridgehead atoms. The second-order valence-corrected chi connectivity index (χ2v) is 6.22. The van der Waals surface area contributed by atoms with Gasteiger partial charge in [-0.1, -0.05) is 12.1 Å². The lowest BCUT2D eigenvalue weighted by molar-refractivity contribution is -0.147. The summed E-state index contributed by atoms with van der Waals surface area (Å²) in [6.45, 7) is -0.625. The summed E-state index contributed by atoms with van der Waals surface area (Å²) >= 11 is 0. The second kappa shape index (κ2) is 9.05. The molecule has 0 aliphatic rings. The first-order valence-corrected chi connectivity index (χ1v) is 8.81. The van der Waals surface area contributed by atoms with Gasteiger partial charge in [0.2, 0.25) is 0 Å². The Balaban J connectivity index is 1.45. The number of rotatable bonds is 7. The minimum Gasteiger partial charge on any atom is -0.456 e. The molecular weight excluding hydrogens is 384 g/mol. The Morgan fingerprint density at radius 3 is 2.76 bits per heavy atom. The van der Waals surface area contributed by atoms with E-state index in [2.05, 4.69) is 15.3 Å². The fourth-order valence-electron chi connectivity index (χ4n) is 2.65. The summed E-state index contributed by atoms with van der Waals surface area (Å²) in [6.07, 6.45) is 0.689. The number of hydrogen-bond donors (Lipinski definition) is 2. The number of aromatic amines is 1. The molecular formula is C20H17F2N3O4. The van der Waals surface area contributed by atoms with E-state index in [9.17, 15) is 23.2 Å². The Kier molecular flexibility index (Phi) is 6.28. The number of fused-ring (bicyclic) bond motifs is 1. The minimum atomic E-state index is -0.803. The molecule has 0 saturated carbocycles. The van der Waals surface area contributed by atoms with Gasteiger partial charge in [-0.3, -0.25) is 14.4 Å². The largest absolute Gasteiger partial charge is 0.456 e. The zero-order chi connectivity index (χ0) is 20.8. The number of anilines is 1. The topological polar surface area (TPSA) is 101 Å². The van der Waals surface area contributed by atoms with Gasteiger partial charge in [-0.05, 0) is 30.7 Å². The second-order valence-electron chi connectivity index (χ2n) is 6.22. The number of carbonyl (C=O) groups is 2. The lowest BCUT2D eigenvalue weighted by atomic mass is 10.2. The van der Waals surface area contributed by atoms with E-state index in [1.165, 1.54) is 0 Å². The van der Waals surface area contributed by atoms with Gasteiger partial charge in [-0.15, -0.1) is 0 Å². The third-order valence-electron chi connectivity index (χ3n) is 4.02. The van der Waals surface area contributed by atoms with Crippen molar-refractivity contribution in [3.63, 3.8) is 0 Å². The number of ether oxygens (including phenoxy) is 1. The van der Waals surface area contributed by atoms with Crippen molar-refractivity contribution in [3.8, 4) is 0 Å². The van der Waals surface area contributed by atoms with E-state index in [-0.39, 0.29) is 17.7 Å². The molecule has 0 aliphatic heterocycles. The Hall–Kier alpha value is -3.62. The molecule has 1 aromatic heterocycles. The van der Waals surface area contributed by atoms with Gasteiger partial charge < -0.3 is 15.0 Å². The first-order valence-electron chi connectivity index (χ1n) is 8.81. The number of esters is 1. The molecule has 2 aromatic carbocycles. The molecule has 0 atom stereocenters. The molecule has 0 radical (unpaired) electrons. The molecule has 0 spiro atoms. The predicted molar refractivity (Wildman–Crippen MR) is 101 cm³/mol. The van der Waals surface area contributed by atoms with Gasteiger partial charge >= 0.3 is 5.97 Å². The van der Waals surface area contributed by atoms with Crippen LogP contribution >= 0.6 is 0 Å². The normalized spacial score (nSPS) is 10.7. The molecule has 9 heteroatoms. The van der Waals surface area contributed by atoms with Crippen LogP contribution in [-0.2, 0) is 20.7 Å². The minimum absolute atomic E-state index is 0.00184. The number of carbonyl (C=O) groups excluding carboxylic acids is 2. The molecule has 0 unspecified atom stereocenters. The van der Waals surface area contributed by atoms with Crippen LogP contribution in [0.4, 0.5) is 14.5 Å². The smallest absolute Gasteiger partial charge is 0.306 e. The van der Waals surface area contributed by atoms with E-state index in [4.69, 9.17) is 4.74 Å². The lowest BCUT2D eigenvalue weighted by Gasteiger charge is -2.08. The average molecular weight is 401 g/mol. The zero-order valence-corrected chi connectivity index (χ0v) is 15.2. The highest BCUT2D eigenvalue weighted by Crippen LogP contribution is 2.15. The van der Waals surface area contributed by atoms with Crippen LogP contribution < -0.4 is 10.9 Å². The molecule has 29 heavy (non-hydrogen) atoms. The Morgan fingerprint density at radius 2 is 1.93 bits per heavy atom. The standard InChI is InChI=1S/C20H17F2N3O4/c21-12-8-9-14(22)16(10-12)24-18(26)11-29-19(27)7-3-6-17-23-15-5-2-1-4-13(15)20(28)25-17/h1-2,4-5,8-10H,3,6-7,11H2,(H,24,26)(H,23,25,28). The van der Waals surface area contributed by atoms with Crippen LogP contribution in [0, 0.1) is 11.6 Å². The molecule has 1 amide bonds. The summed E-state index contributed by atoms with van der Waals surface area (Å²) in [4.78, 5) is 42.5. The van der Waals surface area contributed by atoms with Crippen LogP contribution in [0.1, 0.15) is 18.7 Å². The van der Waals surface area contributed by atoms with E-state index >= 15 is 0 Å². The number of amides is 1. The summed E-state index contributed by atoms with van der Waals surface area (Å²) in [7, 11) is 0. The molecule has 2 N–H and O–H groups in total. The highest BCUT2D eigenvalue weighted by atomic mass is 19.1. The van der Waals surface area contributed by atoms with Crippen LogP contribution in [0.5, 0.6) is 0 Å². The number of halogens is 2. The van der Waals surface area contributed by atoms with Gasteiger partial charge in [0.05, 0.1) is 16.6 Å². The Labute approximate surface area is 163 Å². The number of H-pyrrole nitrogens is 1. The fourth-order valence-corrected chi connectivity index (χ4v) is 2.65. The van der Waals surface area contributed by atoms with Crippen LogP contribution in [0.25, 0.3) is 10.9 Å². The number of aromatic nitrogens is 2. The Bertz CT molecular complexity index is 1110. The van der Waals surface area contributed by atoms with Crippen LogP contribution in [0.3, 0.4) is 0 Å². The molecule has 150 valence electrons. The zero-order valence-electron chi connectivity index (χ0n) is 15.2. The van der Waals surface area contributed by atoms with E-state index in [0.29, 0.717) is 29.6 Å². The maximum atomic E-state index is 13.5. The third-order valence-corrected chi connectivity index (χ3v) is 4.02. The number of aryl methyl sites for hydroxylation is 1. The molecule has 0 saturated heterocycles. The first-order chi connectivity index (χ1) is 13.9. The third kappa shape index (κ3) is 5.44. The van der Waals surface area contributed by atoms with Gasteiger partial charge in [0.1, 0.15) is 17.5 Å². The van der Waals surface area contributed by atoms with Crippen molar-refractivity contribution in [1.82, 2.24) is 9.97 Å². The van der Waals surface area contributed by atoms with Crippen molar-refractivity contribution in [2.75, 3.05) is 11.9 Å². The highest BCUT2D eigenvalue weighted by molar-refractivity contribution is 5.92.